The van der Waals surface area contributed by atoms with Gasteiger partial charge in [0.15, 0.2) is 9.84 Å². The topological polar surface area (TPSA) is 71.5 Å². The third-order valence-corrected chi connectivity index (χ3v) is 8.45. The fraction of sp³-hybridized carbons (Fsp3) is 0.182. The maximum atomic E-state index is 13.0. The largest absolute Gasteiger partial charge is 0.243 e. The molecule has 1 aliphatic rings. The van der Waals surface area contributed by atoms with Crippen LogP contribution in [-0.2, 0) is 32.8 Å². The van der Waals surface area contributed by atoms with Crippen LogP contribution in [-0.4, -0.2) is 33.9 Å². The van der Waals surface area contributed by atoms with Gasteiger partial charge in [-0.05, 0) is 65.1 Å². The van der Waals surface area contributed by atoms with Crippen molar-refractivity contribution in [2.75, 3.05) is 12.8 Å². The Bertz CT molecular complexity index is 1320. The molecule has 0 aliphatic carbocycles. The molecule has 5 nitrogen and oxygen atoms in total. The van der Waals surface area contributed by atoms with Crippen LogP contribution in [0.1, 0.15) is 11.1 Å². The van der Waals surface area contributed by atoms with E-state index >= 15 is 0 Å². The van der Waals surface area contributed by atoms with Crippen LogP contribution in [0.25, 0.3) is 11.1 Å². The van der Waals surface area contributed by atoms with Crippen LogP contribution in [0, 0.1) is 0 Å². The summed E-state index contributed by atoms with van der Waals surface area (Å²) in [5, 5.41) is 0.491. The molecule has 0 radical (unpaired) electrons. The van der Waals surface area contributed by atoms with Gasteiger partial charge in [-0.3, -0.25) is 0 Å². The number of hydrogen-bond donors (Lipinski definition) is 0. The molecule has 0 unspecified atom stereocenters. The number of halogens is 1. The van der Waals surface area contributed by atoms with E-state index < -0.39 is 19.9 Å². The number of sulfone groups is 1. The molecule has 1 aliphatic heterocycles. The van der Waals surface area contributed by atoms with E-state index in [0.29, 0.717) is 24.5 Å². The Morgan fingerprint density at radius 3 is 2.20 bits per heavy atom. The van der Waals surface area contributed by atoms with Crippen molar-refractivity contribution in [1.29, 1.82) is 0 Å². The quantitative estimate of drug-likeness (QED) is 0.585. The van der Waals surface area contributed by atoms with Crippen LogP contribution in [0.4, 0.5) is 0 Å². The van der Waals surface area contributed by atoms with E-state index in [1.165, 1.54) is 22.7 Å². The molecule has 0 fully saturated rings. The van der Waals surface area contributed by atoms with Gasteiger partial charge in [-0.25, -0.2) is 16.8 Å². The van der Waals surface area contributed by atoms with Crippen molar-refractivity contribution < 1.29 is 16.8 Å². The molecule has 0 atom stereocenters. The zero-order chi connectivity index (χ0) is 21.5. The predicted molar refractivity (Wildman–Crippen MR) is 118 cm³/mol. The second-order valence-corrected chi connectivity index (χ2v) is 11.7. The van der Waals surface area contributed by atoms with Crippen LogP contribution in [0.3, 0.4) is 0 Å². The van der Waals surface area contributed by atoms with E-state index in [9.17, 15) is 16.8 Å². The van der Waals surface area contributed by atoms with Gasteiger partial charge in [0.25, 0.3) is 0 Å². The van der Waals surface area contributed by atoms with Gasteiger partial charge in [0.2, 0.25) is 10.0 Å². The molecule has 0 aromatic heterocycles. The van der Waals surface area contributed by atoms with Crippen LogP contribution in [0.15, 0.2) is 76.5 Å². The van der Waals surface area contributed by atoms with Gasteiger partial charge in [-0.2, -0.15) is 4.31 Å². The van der Waals surface area contributed by atoms with Gasteiger partial charge in [0.1, 0.15) is 0 Å². The van der Waals surface area contributed by atoms with Crippen molar-refractivity contribution in [3.8, 4) is 11.1 Å². The van der Waals surface area contributed by atoms with Crippen molar-refractivity contribution in [2.24, 2.45) is 0 Å². The fourth-order valence-corrected chi connectivity index (χ4v) is 5.79. The first kappa shape index (κ1) is 21.1. The lowest BCUT2D eigenvalue weighted by atomic mass is 9.95. The average molecular weight is 462 g/mol. The molecular formula is C22H20ClNO4S2. The Hall–Kier alpha value is -2.19. The van der Waals surface area contributed by atoms with E-state index in [4.69, 9.17) is 11.6 Å². The van der Waals surface area contributed by atoms with E-state index in [1.807, 2.05) is 24.3 Å². The van der Waals surface area contributed by atoms with Crippen molar-refractivity contribution in [3.05, 3.63) is 82.9 Å². The number of sulfonamides is 1. The molecule has 0 N–H and O–H groups in total. The maximum Gasteiger partial charge on any atom is 0.243 e. The molecule has 1 heterocycles. The molecule has 0 bridgehead atoms. The number of hydrogen-bond acceptors (Lipinski definition) is 4. The van der Waals surface area contributed by atoms with Gasteiger partial charge in [0, 0.05) is 24.4 Å². The van der Waals surface area contributed by atoms with Crippen molar-refractivity contribution in [1.82, 2.24) is 4.31 Å². The van der Waals surface area contributed by atoms with E-state index in [0.717, 1.165) is 22.3 Å². The molecule has 4 rings (SSSR count). The minimum absolute atomic E-state index is 0.226. The molecule has 8 heteroatoms. The molecule has 3 aromatic carbocycles. The average Bonchev–Trinajstić information content (AvgIpc) is 2.73. The summed E-state index contributed by atoms with van der Waals surface area (Å²) in [5.41, 5.74) is 3.74. The number of rotatable bonds is 4. The van der Waals surface area contributed by atoms with Crippen molar-refractivity contribution >= 4 is 31.5 Å². The minimum Gasteiger partial charge on any atom is -0.224 e. The second kappa shape index (κ2) is 7.81. The van der Waals surface area contributed by atoms with Gasteiger partial charge < -0.3 is 0 Å². The molecule has 0 saturated heterocycles. The van der Waals surface area contributed by atoms with Crippen molar-refractivity contribution in [2.45, 2.75) is 22.8 Å². The second-order valence-electron chi connectivity index (χ2n) is 7.33. The zero-order valence-electron chi connectivity index (χ0n) is 16.2. The Morgan fingerprint density at radius 2 is 1.50 bits per heavy atom. The standard InChI is InChI=1S/C22H20ClNO4S2/c1-29(25,26)22-4-2-3-16(14-22)17-5-6-19-15-24(12-11-18(19)13-17)30(27,28)21-9-7-20(23)8-10-21/h2-10,13-14H,11-12,15H2,1H3. The maximum absolute atomic E-state index is 13.0. The lowest BCUT2D eigenvalue weighted by Crippen LogP contribution is -2.35. The molecule has 0 spiro atoms. The third-order valence-electron chi connectivity index (χ3n) is 5.23. The van der Waals surface area contributed by atoms with Gasteiger partial charge in [-0.1, -0.05) is 41.9 Å². The van der Waals surface area contributed by atoms with Crippen LogP contribution < -0.4 is 0 Å². The Balaban J connectivity index is 1.62. The first-order chi connectivity index (χ1) is 14.1. The number of nitrogens with zero attached hydrogens (tertiary/aromatic N) is 1. The fourth-order valence-electron chi connectivity index (χ4n) is 3.57. The summed E-state index contributed by atoms with van der Waals surface area (Å²) in [6, 6.07) is 18.9. The normalized spacial score (nSPS) is 15.0. The monoisotopic (exact) mass is 461 g/mol. The highest BCUT2D eigenvalue weighted by atomic mass is 35.5. The minimum atomic E-state index is -3.60. The first-order valence-corrected chi connectivity index (χ1v) is 13.0. The summed E-state index contributed by atoms with van der Waals surface area (Å²) in [7, 11) is -6.88. The Morgan fingerprint density at radius 1 is 0.800 bits per heavy atom. The summed E-state index contributed by atoms with van der Waals surface area (Å²) in [5.74, 6) is 0. The molecular weight excluding hydrogens is 442 g/mol. The van der Waals surface area contributed by atoms with Crippen LogP contribution in [0.2, 0.25) is 5.02 Å². The lowest BCUT2D eigenvalue weighted by molar-refractivity contribution is 0.391. The number of benzene rings is 3. The van der Waals surface area contributed by atoms with Crippen molar-refractivity contribution in [3.63, 3.8) is 0 Å². The SMILES string of the molecule is CS(=O)(=O)c1cccc(-c2ccc3c(c2)CCN(S(=O)(=O)c2ccc(Cl)cc2)C3)c1. The highest BCUT2D eigenvalue weighted by molar-refractivity contribution is 7.90. The molecule has 0 amide bonds. The van der Waals surface area contributed by atoms with E-state index in [-0.39, 0.29) is 9.79 Å². The van der Waals surface area contributed by atoms with Gasteiger partial charge in [-0.15, -0.1) is 0 Å². The molecule has 156 valence electrons. The molecule has 0 saturated carbocycles. The Kier molecular flexibility index (Phi) is 5.48. The van der Waals surface area contributed by atoms with E-state index in [1.54, 1.807) is 30.3 Å². The van der Waals surface area contributed by atoms with Gasteiger partial charge in [0.05, 0.1) is 9.79 Å². The third kappa shape index (κ3) is 4.16. The van der Waals surface area contributed by atoms with E-state index in [2.05, 4.69) is 0 Å². The Labute approximate surface area is 181 Å². The summed E-state index contributed by atoms with van der Waals surface area (Å²) < 4.78 is 51.1. The highest BCUT2D eigenvalue weighted by Gasteiger charge is 2.28. The summed E-state index contributed by atoms with van der Waals surface area (Å²) in [6.07, 6.45) is 1.77. The molecule has 3 aromatic rings. The predicted octanol–water partition coefficient (Wildman–Crippen LogP) is 4.16. The summed E-state index contributed by atoms with van der Waals surface area (Å²) in [6.45, 7) is 0.675. The summed E-state index contributed by atoms with van der Waals surface area (Å²) in [4.78, 5) is 0.502. The van der Waals surface area contributed by atoms with Gasteiger partial charge >= 0.3 is 0 Å². The zero-order valence-corrected chi connectivity index (χ0v) is 18.6. The molecule has 30 heavy (non-hydrogen) atoms. The van der Waals surface area contributed by atoms with Crippen LogP contribution in [0.5, 0.6) is 0 Å². The first-order valence-electron chi connectivity index (χ1n) is 9.33. The van der Waals surface area contributed by atoms with Crippen LogP contribution >= 0.6 is 11.6 Å². The number of fused-ring (bicyclic) bond motifs is 1. The lowest BCUT2D eigenvalue weighted by Gasteiger charge is -2.28. The summed E-state index contributed by atoms with van der Waals surface area (Å²) >= 11 is 5.87. The smallest absolute Gasteiger partial charge is 0.224 e. The highest BCUT2D eigenvalue weighted by Crippen LogP contribution is 2.30.